The monoisotopic (exact) mass is 420 g/mol. The summed E-state index contributed by atoms with van der Waals surface area (Å²) in [4.78, 5) is 29.1. The number of carbonyl (C=O) groups is 2. The Morgan fingerprint density at radius 3 is 2.55 bits per heavy atom. The van der Waals surface area contributed by atoms with E-state index < -0.39 is 0 Å². The van der Waals surface area contributed by atoms with Crippen LogP contribution < -0.4 is 9.47 Å². The van der Waals surface area contributed by atoms with Gasteiger partial charge in [0.05, 0.1) is 19.5 Å². The lowest BCUT2D eigenvalue weighted by Gasteiger charge is -2.30. The van der Waals surface area contributed by atoms with Crippen molar-refractivity contribution < 1.29 is 19.1 Å². The second-order valence-corrected chi connectivity index (χ2v) is 9.06. The van der Waals surface area contributed by atoms with Gasteiger partial charge in [-0.3, -0.25) is 9.59 Å². The molecular formula is C22H32N2O4S. The molecule has 2 fully saturated rings. The lowest BCUT2D eigenvalue weighted by molar-refractivity contribution is -0.136. The molecule has 1 saturated heterocycles. The number of methoxy groups -OCH3 is 2. The summed E-state index contributed by atoms with van der Waals surface area (Å²) >= 11 is 1.69. The zero-order valence-corrected chi connectivity index (χ0v) is 18.7. The minimum Gasteiger partial charge on any atom is -0.493 e. The number of hydrogen-bond acceptors (Lipinski definition) is 5. The van der Waals surface area contributed by atoms with Gasteiger partial charge < -0.3 is 19.3 Å². The Labute approximate surface area is 177 Å². The molecule has 1 aliphatic carbocycles. The Morgan fingerprint density at radius 1 is 1.24 bits per heavy atom. The summed E-state index contributed by atoms with van der Waals surface area (Å²) in [6, 6.07) is 5.85. The number of ether oxygens (including phenoxy) is 2. The minimum absolute atomic E-state index is 0.0255. The van der Waals surface area contributed by atoms with Crippen molar-refractivity contribution in [3.05, 3.63) is 23.8 Å². The fraction of sp³-hybridized carbons (Fsp3) is 0.636. The highest BCUT2D eigenvalue weighted by Crippen LogP contribution is 2.45. The molecule has 29 heavy (non-hydrogen) atoms. The van der Waals surface area contributed by atoms with Crippen LogP contribution in [0.3, 0.4) is 0 Å². The maximum absolute atomic E-state index is 12.9. The third kappa shape index (κ3) is 4.65. The van der Waals surface area contributed by atoms with Crippen molar-refractivity contribution in [3.63, 3.8) is 0 Å². The molecule has 1 saturated carbocycles. The van der Waals surface area contributed by atoms with Crippen LogP contribution in [0.15, 0.2) is 18.2 Å². The van der Waals surface area contributed by atoms with Crippen LogP contribution >= 0.6 is 11.8 Å². The van der Waals surface area contributed by atoms with Gasteiger partial charge in [0.2, 0.25) is 11.8 Å². The second-order valence-electron chi connectivity index (χ2n) is 7.77. The van der Waals surface area contributed by atoms with Gasteiger partial charge in [-0.05, 0) is 43.4 Å². The summed E-state index contributed by atoms with van der Waals surface area (Å²) < 4.78 is 10.8. The highest BCUT2D eigenvalue weighted by molar-refractivity contribution is 8.01. The lowest BCUT2D eigenvalue weighted by Crippen LogP contribution is -2.38. The van der Waals surface area contributed by atoms with Crippen LogP contribution in [0, 0.1) is 5.92 Å². The van der Waals surface area contributed by atoms with E-state index in [1.54, 1.807) is 26.0 Å². The largest absolute Gasteiger partial charge is 0.493 e. The number of carbonyl (C=O) groups excluding carboxylic acids is 2. The van der Waals surface area contributed by atoms with Gasteiger partial charge in [0, 0.05) is 26.1 Å². The number of amides is 2. The maximum Gasteiger partial charge on any atom is 0.236 e. The number of hydrogen-bond donors (Lipinski definition) is 0. The molecule has 2 amide bonds. The van der Waals surface area contributed by atoms with Gasteiger partial charge >= 0.3 is 0 Å². The van der Waals surface area contributed by atoms with Crippen molar-refractivity contribution in [1.29, 1.82) is 0 Å². The average Bonchev–Trinajstić information content (AvgIpc) is 3.01. The van der Waals surface area contributed by atoms with Crippen LogP contribution in [0.4, 0.5) is 0 Å². The predicted octanol–water partition coefficient (Wildman–Crippen LogP) is 3.71. The van der Waals surface area contributed by atoms with E-state index in [1.807, 2.05) is 35.0 Å². The number of benzene rings is 1. The van der Waals surface area contributed by atoms with Crippen LogP contribution in [0.25, 0.3) is 0 Å². The third-order valence-electron chi connectivity index (χ3n) is 5.92. The Bertz CT molecular complexity index is 738. The standard InChI is InChI=1S/C22H32N2O4S/c1-5-19-21(26)24(13-7-12-23(2)20(25)15-8-6-9-15)22(29-19)16-10-11-17(27-3)18(14-16)28-4/h10-11,14-15,19,22H,5-9,12-13H2,1-4H3/t19-,22-/m0/s1. The molecule has 0 aromatic heterocycles. The summed E-state index contributed by atoms with van der Waals surface area (Å²) in [7, 11) is 5.12. The minimum atomic E-state index is -0.0418. The average molecular weight is 421 g/mol. The molecule has 1 heterocycles. The normalized spacial score (nSPS) is 21.8. The first-order chi connectivity index (χ1) is 14.0. The van der Waals surface area contributed by atoms with E-state index in [1.165, 1.54) is 0 Å². The molecule has 1 aromatic carbocycles. The SMILES string of the molecule is CC[C@@H]1S[C@@H](c2ccc(OC)c(OC)c2)N(CCCN(C)C(=O)C2CCC2)C1=O. The first-order valence-corrected chi connectivity index (χ1v) is 11.4. The van der Waals surface area contributed by atoms with Gasteiger partial charge in [0.1, 0.15) is 5.37 Å². The highest BCUT2D eigenvalue weighted by atomic mass is 32.2. The third-order valence-corrected chi connectivity index (χ3v) is 7.57. The van der Waals surface area contributed by atoms with E-state index in [0.717, 1.165) is 37.7 Å². The highest BCUT2D eigenvalue weighted by Gasteiger charge is 2.40. The molecule has 0 bridgehead atoms. The fourth-order valence-electron chi connectivity index (χ4n) is 3.91. The molecule has 160 valence electrons. The second kappa shape index (κ2) is 9.74. The van der Waals surface area contributed by atoms with Crippen LogP contribution in [0.2, 0.25) is 0 Å². The van der Waals surface area contributed by atoms with Crippen LogP contribution in [0.5, 0.6) is 11.5 Å². The van der Waals surface area contributed by atoms with Gasteiger partial charge in [-0.1, -0.05) is 19.4 Å². The Balaban J connectivity index is 1.67. The summed E-state index contributed by atoms with van der Waals surface area (Å²) in [6.07, 6.45) is 4.79. The number of rotatable bonds is 9. The molecule has 1 aliphatic heterocycles. The van der Waals surface area contributed by atoms with E-state index >= 15 is 0 Å². The van der Waals surface area contributed by atoms with Gasteiger partial charge in [0.15, 0.2) is 11.5 Å². The van der Waals surface area contributed by atoms with Crippen molar-refractivity contribution in [1.82, 2.24) is 9.80 Å². The van der Waals surface area contributed by atoms with E-state index in [0.29, 0.717) is 24.6 Å². The maximum atomic E-state index is 12.9. The Morgan fingerprint density at radius 2 is 1.97 bits per heavy atom. The van der Waals surface area contributed by atoms with Crippen molar-refractivity contribution in [2.75, 3.05) is 34.4 Å². The zero-order valence-electron chi connectivity index (χ0n) is 17.8. The zero-order chi connectivity index (χ0) is 21.0. The lowest BCUT2D eigenvalue weighted by atomic mass is 9.84. The molecule has 6 nitrogen and oxygen atoms in total. The van der Waals surface area contributed by atoms with Crippen molar-refractivity contribution >= 4 is 23.6 Å². The number of thioether (sulfide) groups is 1. The molecule has 0 unspecified atom stereocenters. The van der Waals surface area contributed by atoms with Crippen molar-refractivity contribution in [3.8, 4) is 11.5 Å². The topological polar surface area (TPSA) is 59.1 Å². The van der Waals surface area contributed by atoms with Gasteiger partial charge in [-0.2, -0.15) is 0 Å². The smallest absolute Gasteiger partial charge is 0.236 e. The predicted molar refractivity (Wildman–Crippen MR) is 115 cm³/mol. The quantitative estimate of drug-likeness (QED) is 0.610. The van der Waals surface area contributed by atoms with Crippen molar-refractivity contribution in [2.45, 2.75) is 49.7 Å². The molecule has 0 N–H and O–H groups in total. The summed E-state index contributed by atoms with van der Waals surface area (Å²) in [5.41, 5.74) is 1.04. The van der Waals surface area contributed by atoms with Crippen LogP contribution in [-0.2, 0) is 9.59 Å². The Hall–Kier alpha value is -1.89. The van der Waals surface area contributed by atoms with Crippen molar-refractivity contribution in [2.24, 2.45) is 5.92 Å². The summed E-state index contributed by atoms with van der Waals surface area (Å²) in [6.45, 7) is 3.37. The van der Waals surface area contributed by atoms with E-state index in [-0.39, 0.29) is 28.4 Å². The molecular weight excluding hydrogens is 388 g/mol. The van der Waals surface area contributed by atoms with Crippen LogP contribution in [0.1, 0.15) is 50.0 Å². The van der Waals surface area contributed by atoms with E-state index in [2.05, 4.69) is 6.92 Å². The summed E-state index contributed by atoms with van der Waals surface area (Å²) in [5.74, 6) is 2.00. The van der Waals surface area contributed by atoms with E-state index in [4.69, 9.17) is 9.47 Å². The van der Waals surface area contributed by atoms with Gasteiger partial charge in [0.25, 0.3) is 0 Å². The molecule has 2 atom stereocenters. The van der Waals surface area contributed by atoms with Gasteiger partial charge in [-0.25, -0.2) is 0 Å². The molecule has 3 rings (SSSR count). The molecule has 0 radical (unpaired) electrons. The molecule has 2 aliphatic rings. The molecule has 0 spiro atoms. The summed E-state index contributed by atoms with van der Waals surface area (Å²) in [5, 5.41) is -0.0673. The molecule has 1 aromatic rings. The van der Waals surface area contributed by atoms with Crippen LogP contribution in [-0.4, -0.2) is 61.2 Å². The Kier molecular flexibility index (Phi) is 7.33. The van der Waals surface area contributed by atoms with Gasteiger partial charge in [-0.15, -0.1) is 11.8 Å². The first-order valence-electron chi connectivity index (χ1n) is 10.4. The first kappa shape index (κ1) is 21.8. The fourth-order valence-corrected chi connectivity index (χ4v) is 5.32. The number of nitrogens with zero attached hydrogens (tertiary/aromatic N) is 2. The van der Waals surface area contributed by atoms with E-state index in [9.17, 15) is 9.59 Å². The molecule has 7 heteroatoms.